The number of hydrogen-bond donors (Lipinski definition) is 1. The molecule has 0 aromatic heterocycles. The maximum absolute atomic E-state index is 13.1. The second-order valence-corrected chi connectivity index (χ2v) is 9.56. The number of likely N-dealkylation sites (tertiary alicyclic amines) is 1. The number of benzene rings is 1. The molecule has 7 nitrogen and oxygen atoms in total. The molecule has 1 aromatic carbocycles. The molecule has 1 N–H and O–H groups in total. The van der Waals surface area contributed by atoms with Crippen LogP contribution in [0, 0.1) is 5.92 Å². The van der Waals surface area contributed by atoms with Crippen molar-refractivity contribution >= 4 is 35.2 Å². The third-order valence-corrected chi connectivity index (χ3v) is 5.73. The summed E-state index contributed by atoms with van der Waals surface area (Å²) < 4.78 is 5.52. The predicted octanol–water partition coefficient (Wildman–Crippen LogP) is 2.48. The summed E-state index contributed by atoms with van der Waals surface area (Å²) in [7, 11) is 0. The second-order valence-electron chi connectivity index (χ2n) is 8.77. The average Bonchev–Trinajstić information content (AvgIpc) is 3.20. The van der Waals surface area contributed by atoms with Gasteiger partial charge in [0.2, 0.25) is 11.8 Å². The van der Waals surface area contributed by atoms with Gasteiger partial charge in [0.25, 0.3) is 0 Å². The summed E-state index contributed by atoms with van der Waals surface area (Å²) in [5.74, 6) is -1.11. The summed E-state index contributed by atoms with van der Waals surface area (Å²) in [6.07, 6.45) is 1.53. The number of amides is 2. The molecule has 1 saturated heterocycles. The fourth-order valence-electron chi connectivity index (χ4n) is 3.50. The summed E-state index contributed by atoms with van der Waals surface area (Å²) in [5.41, 5.74) is 1.93. The average molecular weight is 631 g/mol. The van der Waals surface area contributed by atoms with Crippen molar-refractivity contribution in [3.63, 3.8) is 0 Å². The van der Waals surface area contributed by atoms with Gasteiger partial charge in [-0.15, -0.1) is 0 Å². The van der Waals surface area contributed by atoms with Crippen LogP contribution in [0.5, 0.6) is 0 Å². The van der Waals surface area contributed by atoms with Crippen molar-refractivity contribution in [2.45, 2.75) is 64.6 Å². The van der Waals surface area contributed by atoms with Gasteiger partial charge in [-0.3, -0.25) is 9.59 Å². The molecule has 2 rings (SSSR count). The minimum atomic E-state index is -0.857. The van der Waals surface area contributed by atoms with Crippen LogP contribution in [0.3, 0.4) is 0 Å². The van der Waals surface area contributed by atoms with E-state index in [1.807, 2.05) is 30.3 Å². The Balaban J connectivity index is 0.00000512. The Bertz CT molecular complexity index is 784. The van der Waals surface area contributed by atoms with Crippen LogP contribution in [0.2, 0.25) is 0 Å². The van der Waals surface area contributed by atoms with E-state index in [0.717, 1.165) is 17.3 Å². The molecular formula is C23H31N2O5SW-. The first-order valence-corrected chi connectivity index (χ1v) is 11.5. The third-order valence-electron chi connectivity index (χ3n) is 4.94. The van der Waals surface area contributed by atoms with Crippen LogP contribution in [0.15, 0.2) is 30.3 Å². The minimum absolute atomic E-state index is 0. The summed E-state index contributed by atoms with van der Waals surface area (Å²) >= 11 is 0.919. The second kappa shape index (κ2) is 13.1. The van der Waals surface area contributed by atoms with Gasteiger partial charge >= 0.3 is 5.97 Å². The number of ether oxygens (including phenoxy) is 1. The molecule has 0 bridgehead atoms. The Labute approximate surface area is 208 Å². The van der Waals surface area contributed by atoms with Crippen molar-refractivity contribution in [2.75, 3.05) is 12.3 Å². The number of nitrogens with one attached hydrogen (secondary N) is 1. The van der Waals surface area contributed by atoms with Gasteiger partial charge in [0.1, 0.15) is 17.7 Å². The minimum Gasteiger partial charge on any atom is -0.530 e. The van der Waals surface area contributed by atoms with Crippen molar-refractivity contribution in [2.24, 2.45) is 5.92 Å². The van der Waals surface area contributed by atoms with E-state index in [1.54, 1.807) is 38.2 Å². The van der Waals surface area contributed by atoms with E-state index in [4.69, 9.17) is 4.74 Å². The maximum atomic E-state index is 13.1. The summed E-state index contributed by atoms with van der Waals surface area (Å²) in [6, 6.07) is 7.91. The van der Waals surface area contributed by atoms with E-state index in [0.29, 0.717) is 31.6 Å². The first-order valence-electron chi connectivity index (χ1n) is 10.5. The zero-order chi connectivity index (χ0) is 23.0. The monoisotopic (exact) mass is 631 g/mol. The Morgan fingerprint density at radius 3 is 2.50 bits per heavy atom. The Hall–Kier alpha value is -1.66. The van der Waals surface area contributed by atoms with Crippen LogP contribution < -0.4 is 5.32 Å². The summed E-state index contributed by atoms with van der Waals surface area (Å²) in [6.45, 7) is 7.55. The van der Waals surface area contributed by atoms with Gasteiger partial charge in [-0.2, -0.15) is 0 Å². The molecule has 1 heterocycles. The van der Waals surface area contributed by atoms with Gasteiger partial charge in [0.05, 0.1) is 0 Å². The standard InChI is InChI=1S/C23H31N2O5S.W/c1-16(14-31-15-26)21(28)25-12-8-11-19(25)20(27)24-18(22(29)30-23(2,3)4)13-17-9-6-5-7-10-17;/h5-7,9-10,16,18-19H,8,11-14H2,1-4H3,(H,24,27);/q-1;/t16-,18?,19+;/m1./s1. The fraction of sp³-hybridized carbons (Fsp3) is 0.565. The molecule has 9 heteroatoms. The molecule has 1 unspecified atom stereocenters. The Morgan fingerprint density at radius 2 is 1.91 bits per heavy atom. The molecule has 32 heavy (non-hydrogen) atoms. The van der Waals surface area contributed by atoms with Crippen LogP contribution >= 0.6 is 11.8 Å². The van der Waals surface area contributed by atoms with Gasteiger partial charge in [-0.1, -0.05) is 37.3 Å². The first-order chi connectivity index (χ1) is 14.6. The topological polar surface area (TPSA) is 92.8 Å². The molecule has 1 aliphatic rings. The van der Waals surface area contributed by atoms with Crippen LogP contribution in [0.1, 0.15) is 46.1 Å². The molecule has 3 atom stereocenters. The van der Waals surface area contributed by atoms with Gasteiger partial charge in [0.15, 0.2) is 0 Å². The molecule has 1 fully saturated rings. The summed E-state index contributed by atoms with van der Waals surface area (Å²) in [4.78, 5) is 50.7. The Kier molecular flexibility index (Phi) is 11.7. The first kappa shape index (κ1) is 28.4. The molecule has 0 spiro atoms. The van der Waals surface area contributed by atoms with Crippen molar-refractivity contribution in [1.82, 2.24) is 10.2 Å². The fourth-order valence-corrected chi connectivity index (χ4v) is 3.96. The van der Waals surface area contributed by atoms with Crippen molar-refractivity contribution in [3.05, 3.63) is 35.9 Å². The number of carbonyl (C=O) groups excluding carboxylic acids is 4. The molecule has 0 saturated carbocycles. The quantitative estimate of drug-likeness (QED) is 0.333. The molecule has 2 amide bonds. The molecule has 0 radical (unpaired) electrons. The van der Waals surface area contributed by atoms with E-state index in [2.05, 4.69) is 5.32 Å². The van der Waals surface area contributed by atoms with E-state index in [9.17, 15) is 19.2 Å². The number of hydrogen-bond acceptors (Lipinski definition) is 6. The van der Waals surface area contributed by atoms with E-state index in [1.165, 1.54) is 0 Å². The van der Waals surface area contributed by atoms with Gasteiger partial charge < -0.3 is 31.5 Å². The molecule has 1 aromatic rings. The van der Waals surface area contributed by atoms with Gasteiger partial charge in [-0.25, -0.2) is 10.4 Å². The van der Waals surface area contributed by atoms with Crippen molar-refractivity contribution in [3.8, 4) is 0 Å². The predicted molar refractivity (Wildman–Crippen MR) is 120 cm³/mol. The Morgan fingerprint density at radius 1 is 1.25 bits per heavy atom. The molecule has 1 aliphatic heterocycles. The zero-order valence-electron chi connectivity index (χ0n) is 19.0. The largest absolute Gasteiger partial charge is 0.530 e. The zero-order valence-corrected chi connectivity index (χ0v) is 22.7. The maximum Gasteiger partial charge on any atom is 0.329 e. The smallest absolute Gasteiger partial charge is 0.329 e. The normalized spacial score (nSPS) is 17.6. The van der Waals surface area contributed by atoms with Gasteiger partial charge in [0, 0.05) is 39.9 Å². The number of thioether (sulfide) groups is 1. The molecule has 0 aliphatic carbocycles. The van der Waals surface area contributed by atoms with Crippen LogP contribution in [0.25, 0.3) is 0 Å². The number of rotatable bonds is 9. The third kappa shape index (κ3) is 8.70. The van der Waals surface area contributed by atoms with E-state index < -0.39 is 29.6 Å². The van der Waals surface area contributed by atoms with Crippen molar-refractivity contribution in [1.29, 1.82) is 0 Å². The van der Waals surface area contributed by atoms with E-state index in [-0.39, 0.29) is 32.9 Å². The SMILES string of the molecule is C[C@H](CS[C-]=O)C(=O)N1CCC[C@H]1C(=O)NC(Cc1ccccc1)C(=O)OC(C)(C)C.[W]. The van der Waals surface area contributed by atoms with Crippen LogP contribution in [-0.4, -0.2) is 58.3 Å². The number of nitrogens with zero attached hydrogens (tertiary/aromatic N) is 1. The molecular weight excluding hydrogens is 600 g/mol. The van der Waals surface area contributed by atoms with Crippen LogP contribution in [0.4, 0.5) is 0 Å². The number of carbonyl (C=O) groups is 3. The number of esters is 1. The summed E-state index contributed by atoms with van der Waals surface area (Å²) in [5, 5.41) is 2.82. The van der Waals surface area contributed by atoms with Crippen molar-refractivity contribution < 1.29 is 45.0 Å². The van der Waals surface area contributed by atoms with Crippen LogP contribution in [-0.2, 0) is 51.4 Å². The van der Waals surface area contributed by atoms with E-state index >= 15 is 0 Å². The molecule has 176 valence electrons. The van der Waals surface area contributed by atoms with Gasteiger partial charge in [-0.05, 0) is 44.9 Å².